The van der Waals surface area contributed by atoms with Crippen LogP contribution in [-0.2, 0) is 20.8 Å². The molecular weight excluding hydrogens is 412 g/mol. The van der Waals surface area contributed by atoms with Crippen LogP contribution in [0.3, 0.4) is 0 Å². The van der Waals surface area contributed by atoms with E-state index in [1.54, 1.807) is 0 Å². The second-order valence-corrected chi connectivity index (χ2v) is 8.34. The highest BCUT2D eigenvalue weighted by molar-refractivity contribution is 5.77. The Hall–Kier alpha value is -2.30. The van der Waals surface area contributed by atoms with Crippen LogP contribution in [-0.4, -0.2) is 78.0 Å². The number of aliphatic hydroxyl groups is 1. The number of carbonyl (C=O) groups is 2. The number of hydrogen-bond donors (Lipinski definition) is 3. The summed E-state index contributed by atoms with van der Waals surface area (Å²) in [5, 5.41) is 15.9. The highest BCUT2D eigenvalue weighted by Gasteiger charge is 2.51. The number of halogens is 2. The van der Waals surface area contributed by atoms with E-state index in [-0.39, 0.29) is 37.9 Å². The Labute approximate surface area is 178 Å². The van der Waals surface area contributed by atoms with Gasteiger partial charge in [-0.15, -0.1) is 0 Å². The number of benzene rings is 1. The molecule has 4 rings (SSSR count). The molecule has 5 atom stereocenters. The maximum Gasteiger partial charge on any atom is 0.315 e. The normalized spacial score (nSPS) is 31.5. The minimum atomic E-state index is -2.82. The van der Waals surface area contributed by atoms with Gasteiger partial charge < -0.3 is 30.1 Å². The predicted molar refractivity (Wildman–Crippen MR) is 105 cm³/mol. The topological polar surface area (TPSA) is 100 Å². The van der Waals surface area contributed by atoms with Gasteiger partial charge in [0.15, 0.2) is 0 Å². The Morgan fingerprint density at radius 3 is 2.65 bits per heavy atom. The summed E-state index contributed by atoms with van der Waals surface area (Å²) in [4.78, 5) is 25.4. The minimum absolute atomic E-state index is 0.00995. The number of amides is 3. The molecule has 0 radical (unpaired) electrons. The lowest BCUT2D eigenvalue weighted by Gasteiger charge is -2.22. The molecule has 1 aromatic rings. The van der Waals surface area contributed by atoms with Crippen molar-refractivity contribution < 1.29 is 33.0 Å². The number of nitrogens with one attached hydrogen (secondary N) is 2. The number of carbonyl (C=O) groups excluding carboxylic acids is 2. The van der Waals surface area contributed by atoms with Crippen LogP contribution in [0, 0.1) is 0 Å². The molecule has 10 heteroatoms. The first-order chi connectivity index (χ1) is 14.8. The maximum absolute atomic E-state index is 13.3. The Bertz CT molecular complexity index is 796. The zero-order valence-electron chi connectivity index (χ0n) is 17.0. The fourth-order valence-electron chi connectivity index (χ4n) is 4.32. The largest absolute Gasteiger partial charge is 0.388 e. The minimum Gasteiger partial charge on any atom is -0.388 e. The van der Waals surface area contributed by atoms with Gasteiger partial charge in [-0.25, -0.2) is 13.6 Å². The zero-order chi connectivity index (χ0) is 22.0. The quantitative estimate of drug-likeness (QED) is 0.615. The Morgan fingerprint density at radius 2 is 1.97 bits per heavy atom. The molecule has 170 valence electrons. The van der Waals surface area contributed by atoms with E-state index in [0.29, 0.717) is 13.0 Å². The summed E-state index contributed by atoms with van der Waals surface area (Å²) in [6, 6.07) is 9.10. The molecule has 3 aliphatic heterocycles. The van der Waals surface area contributed by atoms with Crippen molar-refractivity contribution in [1.29, 1.82) is 0 Å². The van der Waals surface area contributed by atoms with Crippen LogP contribution in [0.5, 0.6) is 0 Å². The van der Waals surface area contributed by atoms with Crippen LogP contribution >= 0.6 is 0 Å². The molecule has 0 aromatic heterocycles. The molecule has 0 unspecified atom stereocenters. The molecule has 8 nitrogen and oxygen atoms in total. The Morgan fingerprint density at radius 1 is 1.19 bits per heavy atom. The first-order valence-corrected chi connectivity index (χ1v) is 10.5. The highest BCUT2D eigenvalue weighted by atomic mass is 19.3. The van der Waals surface area contributed by atoms with Crippen molar-refractivity contribution in [3.05, 3.63) is 35.9 Å². The lowest BCUT2D eigenvalue weighted by Crippen LogP contribution is -2.44. The van der Waals surface area contributed by atoms with Gasteiger partial charge in [0.05, 0.1) is 25.2 Å². The van der Waals surface area contributed by atoms with Gasteiger partial charge in [0.1, 0.15) is 18.3 Å². The maximum atomic E-state index is 13.3. The summed E-state index contributed by atoms with van der Waals surface area (Å²) in [5.41, 5.74) is 0.968. The van der Waals surface area contributed by atoms with Crippen molar-refractivity contribution in [2.75, 3.05) is 19.6 Å². The number of ether oxygens (including phenoxy) is 2. The van der Waals surface area contributed by atoms with Gasteiger partial charge in [0.25, 0.3) is 5.92 Å². The molecule has 3 fully saturated rings. The van der Waals surface area contributed by atoms with Gasteiger partial charge in [-0.1, -0.05) is 30.3 Å². The first kappa shape index (κ1) is 21.9. The summed E-state index contributed by atoms with van der Waals surface area (Å²) in [6.45, 7) is -0.00634. The van der Waals surface area contributed by atoms with Crippen molar-refractivity contribution in [1.82, 2.24) is 15.5 Å². The fourth-order valence-corrected chi connectivity index (χ4v) is 4.32. The van der Waals surface area contributed by atoms with Crippen LogP contribution < -0.4 is 10.6 Å². The molecule has 0 spiro atoms. The predicted octanol–water partition coefficient (Wildman–Crippen LogP) is 1.03. The smallest absolute Gasteiger partial charge is 0.315 e. The summed E-state index contributed by atoms with van der Waals surface area (Å²) < 4.78 is 38.2. The standard InChI is InChI=1S/C21H27F2N3O5/c22-21(23)6-7-26(12-21)17(27)9-14-8-15-19(30-14)18(28)16(31-15)11-25-20(29)24-10-13-4-2-1-3-5-13/h1-5,14-16,18-19,28H,6-12H2,(H2,24,25,29)/t14-,15+,16+,18+,19-/m0/s1. The number of likely N-dealkylation sites (tertiary alicyclic amines) is 1. The Balaban J connectivity index is 1.18. The average molecular weight is 439 g/mol. The summed E-state index contributed by atoms with van der Waals surface area (Å²) in [6.07, 6.45) is -2.97. The zero-order valence-corrected chi connectivity index (χ0v) is 17.0. The summed E-state index contributed by atoms with van der Waals surface area (Å²) in [5.74, 6) is -3.19. The highest BCUT2D eigenvalue weighted by Crippen LogP contribution is 2.36. The molecule has 3 amide bonds. The number of aliphatic hydroxyl groups excluding tert-OH is 1. The van der Waals surface area contributed by atoms with Crippen LogP contribution in [0.1, 0.15) is 24.8 Å². The van der Waals surface area contributed by atoms with E-state index in [4.69, 9.17) is 9.47 Å². The average Bonchev–Trinajstić information content (AvgIpc) is 3.39. The first-order valence-electron chi connectivity index (χ1n) is 10.5. The second-order valence-electron chi connectivity index (χ2n) is 8.34. The van der Waals surface area contributed by atoms with E-state index in [9.17, 15) is 23.5 Å². The van der Waals surface area contributed by atoms with Crippen LogP contribution in [0.15, 0.2) is 30.3 Å². The van der Waals surface area contributed by atoms with Crippen molar-refractivity contribution >= 4 is 11.9 Å². The van der Waals surface area contributed by atoms with Gasteiger partial charge >= 0.3 is 6.03 Å². The number of fused-ring (bicyclic) bond motifs is 1. The fraction of sp³-hybridized carbons (Fsp3) is 0.619. The van der Waals surface area contributed by atoms with E-state index in [0.717, 1.165) is 10.5 Å². The van der Waals surface area contributed by atoms with Crippen molar-refractivity contribution in [3.63, 3.8) is 0 Å². The third kappa shape index (κ3) is 5.31. The van der Waals surface area contributed by atoms with Gasteiger partial charge in [-0.05, 0) is 5.56 Å². The molecular formula is C21H27F2N3O5. The van der Waals surface area contributed by atoms with Gasteiger partial charge in [-0.2, -0.15) is 0 Å². The molecule has 3 aliphatic rings. The van der Waals surface area contributed by atoms with E-state index in [2.05, 4.69) is 10.6 Å². The molecule has 3 saturated heterocycles. The van der Waals surface area contributed by atoms with Crippen molar-refractivity contribution in [3.8, 4) is 0 Å². The summed E-state index contributed by atoms with van der Waals surface area (Å²) >= 11 is 0. The lowest BCUT2D eigenvalue weighted by atomic mass is 10.1. The molecule has 1 aromatic carbocycles. The van der Waals surface area contributed by atoms with Crippen LogP contribution in [0.25, 0.3) is 0 Å². The molecule has 31 heavy (non-hydrogen) atoms. The van der Waals surface area contributed by atoms with Crippen LogP contribution in [0.4, 0.5) is 13.6 Å². The number of nitrogens with zero attached hydrogens (tertiary/aromatic N) is 1. The van der Waals surface area contributed by atoms with E-state index >= 15 is 0 Å². The molecule has 3 N–H and O–H groups in total. The van der Waals surface area contributed by atoms with E-state index in [1.165, 1.54) is 0 Å². The number of rotatable bonds is 6. The van der Waals surface area contributed by atoms with Gasteiger partial charge in [0.2, 0.25) is 5.91 Å². The lowest BCUT2D eigenvalue weighted by molar-refractivity contribution is -0.135. The molecule has 0 aliphatic carbocycles. The SMILES string of the molecule is O=C(NCc1ccccc1)NC[C@H]1O[C@@H]2C[C@@H](CC(=O)N3CCC(F)(F)C3)O[C@@H]2[C@@H]1O. The number of urea groups is 1. The third-order valence-corrected chi connectivity index (χ3v) is 5.96. The van der Waals surface area contributed by atoms with Gasteiger partial charge in [-0.3, -0.25) is 4.79 Å². The van der Waals surface area contributed by atoms with Crippen molar-refractivity contribution in [2.24, 2.45) is 0 Å². The number of hydrogen-bond acceptors (Lipinski definition) is 5. The molecule has 0 bridgehead atoms. The molecule has 3 heterocycles. The van der Waals surface area contributed by atoms with Crippen molar-refractivity contribution in [2.45, 2.75) is 62.2 Å². The van der Waals surface area contributed by atoms with E-state index < -0.39 is 43.0 Å². The summed E-state index contributed by atoms with van der Waals surface area (Å²) in [7, 11) is 0. The monoisotopic (exact) mass is 439 g/mol. The molecule has 0 saturated carbocycles. The Kier molecular flexibility index (Phi) is 6.40. The third-order valence-electron chi connectivity index (χ3n) is 5.96. The van der Waals surface area contributed by atoms with Crippen LogP contribution in [0.2, 0.25) is 0 Å². The number of alkyl halides is 2. The second kappa shape index (κ2) is 9.05. The van der Waals surface area contributed by atoms with E-state index in [1.807, 2.05) is 30.3 Å². The van der Waals surface area contributed by atoms with Gasteiger partial charge in [0, 0.05) is 32.5 Å².